The minimum Gasteiger partial charge on any atom is -0.488 e. The van der Waals surface area contributed by atoms with Gasteiger partial charge in [-0.15, -0.1) is 11.3 Å². The van der Waals surface area contributed by atoms with Gasteiger partial charge in [0.1, 0.15) is 12.4 Å². The Bertz CT molecular complexity index is 621. The molecule has 0 spiro atoms. The summed E-state index contributed by atoms with van der Waals surface area (Å²) in [7, 11) is 4.23. The average molecular weight is 308 g/mol. The molecule has 20 heavy (non-hydrogen) atoms. The number of hydrogen-bond acceptors (Lipinski definition) is 3. The maximum Gasteiger partial charge on any atom is 0.128 e. The molecule has 0 saturated heterocycles. The molecule has 2 heterocycles. The van der Waals surface area contributed by atoms with Crippen LogP contribution in [0.2, 0.25) is 5.02 Å². The Morgan fingerprint density at radius 3 is 2.95 bits per heavy atom. The maximum atomic E-state index is 6.11. The molecule has 1 aliphatic rings. The van der Waals surface area contributed by atoms with E-state index in [-0.39, 0.29) is 0 Å². The molecule has 0 aliphatic carbocycles. The summed E-state index contributed by atoms with van der Waals surface area (Å²) in [5.74, 6) is 0.948. The van der Waals surface area contributed by atoms with Crippen LogP contribution in [0.15, 0.2) is 24.3 Å². The highest BCUT2D eigenvalue weighted by atomic mass is 35.5. The second-order valence-corrected chi connectivity index (χ2v) is 6.98. The van der Waals surface area contributed by atoms with E-state index in [0.717, 1.165) is 29.3 Å². The molecule has 3 rings (SSSR count). The van der Waals surface area contributed by atoms with Crippen molar-refractivity contribution < 1.29 is 4.74 Å². The van der Waals surface area contributed by atoms with E-state index in [1.54, 1.807) is 0 Å². The lowest BCUT2D eigenvalue weighted by molar-refractivity contribution is 0.303. The number of hydrogen-bond donors (Lipinski definition) is 0. The van der Waals surface area contributed by atoms with Crippen LogP contribution in [0.5, 0.6) is 5.75 Å². The summed E-state index contributed by atoms with van der Waals surface area (Å²) in [6, 6.07) is 8.15. The molecule has 0 atom stereocenters. The lowest BCUT2D eigenvalue weighted by Crippen LogP contribution is -2.13. The number of aryl methyl sites for hydroxylation is 1. The van der Waals surface area contributed by atoms with Gasteiger partial charge in [0, 0.05) is 25.9 Å². The molecule has 1 aliphatic heterocycles. The molecule has 0 amide bonds. The van der Waals surface area contributed by atoms with Crippen LogP contribution >= 0.6 is 22.9 Å². The van der Waals surface area contributed by atoms with Crippen molar-refractivity contribution in [1.29, 1.82) is 0 Å². The van der Waals surface area contributed by atoms with Gasteiger partial charge < -0.3 is 9.64 Å². The van der Waals surface area contributed by atoms with E-state index in [1.165, 1.54) is 21.7 Å². The van der Waals surface area contributed by atoms with Gasteiger partial charge in [0.2, 0.25) is 0 Å². The van der Waals surface area contributed by atoms with Gasteiger partial charge in [0.15, 0.2) is 0 Å². The van der Waals surface area contributed by atoms with E-state index in [4.69, 9.17) is 16.3 Å². The first-order valence-corrected chi connectivity index (χ1v) is 8.02. The normalized spacial score (nSPS) is 13.0. The lowest BCUT2D eigenvalue weighted by atomic mass is 10.1. The summed E-state index contributed by atoms with van der Waals surface area (Å²) in [6.45, 7) is 1.80. The SMILES string of the molecule is CN(C)CCCc1cc2c(s1)-c1cc(Cl)ccc1OC2. The van der Waals surface area contributed by atoms with Gasteiger partial charge in [-0.1, -0.05) is 11.6 Å². The Balaban J connectivity index is 1.84. The number of ether oxygens (including phenoxy) is 1. The van der Waals surface area contributed by atoms with Crippen molar-refractivity contribution in [3.8, 4) is 16.2 Å². The molecule has 1 aromatic carbocycles. The summed E-state index contributed by atoms with van der Waals surface area (Å²) in [6.07, 6.45) is 2.32. The second kappa shape index (κ2) is 5.76. The zero-order valence-electron chi connectivity index (χ0n) is 11.8. The summed E-state index contributed by atoms with van der Waals surface area (Å²) in [5.41, 5.74) is 2.44. The quantitative estimate of drug-likeness (QED) is 0.827. The summed E-state index contributed by atoms with van der Waals surface area (Å²) in [5, 5.41) is 0.766. The number of benzene rings is 1. The number of thiophene rings is 1. The van der Waals surface area contributed by atoms with E-state index in [2.05, 4.69) is 25.1 Å². The topological polar surface area (TPSA) is 12.5 Å². The van der Waals surface area contributed by atoms with Crippen molar-refractivity contribution in [3.05, 3.63) is 39.7 Å². The first-order valence-electron chi connectivity index (χ1n) is 6.82. The van der Waals surface area contributed by atoms with Crippen LogP contribution in [-0.4, -0.2) is 25.5 Å². The van der Waals surface area contributed by atoms with Gasteiger partial charge in [-0.2, -0.15) is 0 Å². The Morgan fingerprint density at radius 1 is 1.30 bits per heavy atom. The fraction of sp³-hybridized carbons (Fsp3) is 0.375. The summed E-state index contributed by atoms with van der Waals surface area (Å²) < 4.78 is 5.80. The average Bonchev–Trinajstić information content (AvgIpc) is 2.81. The van der Waals surface area contributed by atoms with E-state index < -0.39 is 0 Å². The standard InChI is InChI=1S/C16H18ClNOS/c1-18(2)7-3-4-13-8-11-10-19-15-6-5-12(17)9-14(15)16(11)20-13/h5-6,8-9H,3-4,7,10H2,1-2H3. The fourth-order valence-electron chi connectivity index (χ4n) is 2.47. The van der Waals surface area contributed by atoms with Crippen molar-refractivity contribution in [2.75, 3.05) is 20.6 Å². The van der Waals surface area contributed by atoms with E-state index in [0.29, 0.717) is 6.61 Å². The largest absolute Gasteiger partial charge is 0.488 e. The minimum atomic E-state index is 0.675. The summed E-state index contributed by atoms with van der Waals surface area (Å²) >= 11 is 7.99. The van der Waals surface area contributed by atoms with Crippen LogP contribution in [0.25, 0.3) is 10.4 Å². The number of halogens is 1. The first-order chi connectivity index (χ1) is 9.63. The van der Waals surface area contributed by atoms with Crippen LogP contribution in [0, 0.1) is 0 Å². The Labute approximate surface area is 128 Å². The first kappa shape index (κ1) is 13.9. The van der Waals surface area contributed by atoms with Crippen molar-refractivity contribution in [3.63, 3.8) is 0 Å². The number of fused-ring (bicyclic) bond motifs is 3. The molecule has 2 aromatic rings. The van der Waals surface area contributed by atoms with E-state index in [1.807, 2.05) is 29.5 Å². The molecule has 2 nitrogen and oxygen atoms in total. The summed E-state index contributed by atoms with van der Waals surface area (Å²) in [4.78, 5) is 4.99. The van der Waals surface area contributed by atoms with Gasteiger partial charge in [-0.25, -0.2) is 0 Å². The van der Waals surface area contributed by atoms with Crippen LogP contribution in [-0.2, 0) is 13.0 Å². The van der Waals surface area contributed by atoms with Crippen molar-refractivity contribution in [1.82, 2.24) is 4.90 Å². The molecule has 4 heteroatoms. The third-order valence-corrected chi connectivity index (χ3v) is 4.96. The van der Waals surface area contributed by atoms with Crippen molar-refractivity contribution in [2.24, 2.45) is 0 Å². The smallest absolute Gasteiger partial charge is 0.128 e. The Kier molecular flexibility index (Phi) is 4.01. The molecular weight excluding hydrogens is 290 g/mol. The third-order valence-electron chi connectivity index (χ3n) is 3.46. The molecule has 0 fully saturated rings. The predicted molar refractivity (Wildman–Crippen MR) is 86.0 cm³/mol. The van der Waals surface area contributed by atoms with Crippen molar-refractivity contribution >= 4 is 22.9 Å². The zero-order chi connectivity index (χ0) is 14.1. The molecule has 1 aromatic heterocycles. The Hall–Kier alpha value is -1.03. The van der Waals surface area contributed by atoms with Crippen LogP contribution in [0.4, 0.5) is 0 Å². The van der Waals surface area contributed by atoms with Crippen molar-refractivity contribution in [2.45, 2.75) is 19.4 Å². The monoisotopic (exact) mass is 307 g/mol. The highest BCUT2D eigenvalue weighted by Gasteiger charge is 2.20. The van der Waals surface area contributed by atoms with Gasteiger partial charge in [0.05, 0.1) is 0 Å². The van der Waals surface area contributed by atoms with Gasteiger partial charge >= 0.3 is 0 Å². The molecule has 106 valence electrons. The second-order valence-electron chi connectivity index (χ2n) is 5.40. The Morgan fingerprint density at radius 2 is 2.15 bits per heavy atom. The minimum absolute atomic E-state index is 0.675. The van der Waals surface area contributed by atoms with Crippen LogP contribution in [0.3, 0.4) is 0 Å². The predicted octanol–water partition coefficient (Wildman–Crippen LogP) is 4.46. The third kappa shape index (κ3) is 2.85. The highest BCUT2D eigenvalue weighted by molar-refractivity contribution is 7.15. The van der Waals surface area contributed by atoms with Gasteiger partial charge in [-0.3, -0.25) is 0 Å². The van der Waals surface area contributed by atoms with Crippen LogP contribution < -0.4 is 4.74 Å². The number of rotatable bonds is 4. The zero-order valence-corrected chi connectivity index (χ0v) is 13.4. The van der Waals surface area contributed by atoms with Crippen LogP contribution in [0.1, 0.15) is 16.9 Å². The van der Waals surface area contributed by atoms with E-state index >= 15 is 0 Å². The molecule has 0 N–H and O–H groups in total. The van der Waals surface area contributed by atoms with Gasteiger partial charge in [0.25, 0.3) is 0 Å². The fourth-order valence-corrected chi connectivity index (χ4v) is 3.88. The molecule has 0 unspecified atom stereocenters. The number of nitrogens with zero attached hydrogens (tertiary/aromatic N) is 1. The maximum absolute atomic E-state index is 6.11. The molecule has 0 saturated carbocycles. The van der Waals surface area contributed by atoms with E-state index in [9.17, 15) is 0 Å². The van der Waals surface area contributed by atoms with Gasteiger partial charge in [-0.05, 0) is 57.7 Å². The highest BCUT2D eigenvalue weighted by Crippen LogP contribution is 2.43. The molecular formula is C16H18ClNOS. The molecule has 0 radical (unpaired) electrons. The molecule has 0 bridgehead atoms. The lowest BCUT2D eigenvalue weighted by Gasteiger charge is -2.17.